The van der Waals surface area contributed by atoms with Crippen LogP contribution < -0.4 is 10.2 Å². The van der Waals surface area contributed by atoms with Crippen molar-refractivity contribution >= 4 is 23.0 Å². The van der Waals surface area contributed by atoms with E-state index in [0.29, 0.717) is 11.7 Å². The summed E-state index contributed by atoms with van der Waals surface area (Å²) in [5.74, 6) is 0. The zero-order valence-corrected chi connectivity index (χ0v) is 13.4. The molecule has 0 atom stereocenters. The first kappa shape index (κ1) is 14.7. The van der Waals surface area contributed by atoms with E-state index in [1.807, 2.05) is 28.1 Å². The predicted octanol–water partition coefficient (Wildman–Crippen LogP) is 3.37. The van der Waals surface area contributed by atoms with Crippen LogP contribution in [0.2, 0.25) is 5.15 Å². The molecule has 1 N–H and O–H groups in total. The van der Waals surface area contributed by atoms with Gasteiger partial charge in [-0.15, -0.1) is 0 Å². The number of nitrogens with one attached hydrogen (secondary N) is 1. The first-order valence-electron chi connectivity index (χ1n) is 6.60. The number of aromatic nitrogens is 2. The van der Waals surface area contributed by atoms with E-state index in [4.69, 9.17) is 11.6 Å². The molecule has 1 aromatic heterocycles. The van der Waals surface area contributed by atoms with Crippen LogP contribution in [0.3, 0.4) is 0 Å². The van der Waals surface area contributed by atoms with Crippen molar-refractivity contribution in [3.63, 3.8) is 0 Å². The highest BCUT2D eigenvalue weighted by atomic mass is 35.5. The Kier molecular flexibility index (Phi) is 4.23. The Morgan fingerprint density at radius 2 is 2.00 bits per heavy atom. The summed E-state index contributed by atoms with van der Waals surface area (Å²) in [6, 6.07) is 6.35. The second-order valence-electron chi connectivity index (χ2n) is 5.23. The first-order chi connectivity index (χ1) is 9.40. The van der Waals surface area contributed by atoms with E-state index in [9.17, 15) is 0 Å². The third-order valence-corrected chi connectivity index (χ3v) is 3.90. The van der Waals surface area contributed by atoms with Crippen molar-refractivity contribution in [3.05, 3.63) is 40.2 Å². The van der Waals surface area contributed by atoms with Gasteiger partial charge in [-0.05, 0) is 31.5 Å². The van der Waals surface area contributed by atoms with Crippen LogP contribution in [0.5, 0.6) is 0 Å². The van der Waals surface area contributed by atoms with Gasteiger partial charge in [-0.3, -0.25) is 4.68 Å². The highest BCUT2D eigenvalue weighted by Crippen LogP contribution is 2.24. The van der Waals surface area contributed by atoms with Gasteiger partial charge in [-0.1, -0.05) is 17.7 Å². The molecular weight excluding hydrogens is 272 g/mol. The van der Waals surface area contributed by atoms with Gasteiger partial charge < -0.3 is 10.2 Å². The topological polar surface area (TPSA) is 33.1 Å². The van der Waals surface area contributed by atoms with Crippen LogP contribution in [0, 0.1) is 13.8 Å². The molecule has 0 aliphatic heterocycles. The van der Waals surface area contributed by atoms with Gasteiger partial charge in [0.25, 0.3) is 0 Å². The van der Waals surface area contributed by atoms with Gasteiger partial charge in [-0.2, -0.15) is 5.10 Å². The maximum absolute atomic E-state index is 6.24. The summed E-state index contributed by atoms with van der Waals surface area (Å²) in [7, 11) is 5.96. The number of aryl methyl sites for hydroxylation is 3. The van der Waals surface area contributed by atoms with Gasteiger partial charge in [0, 0.05) is 44.6 Å². The molecule has 0 aliphatic rings. The number of anilines is 2. The molecule has 20 heavy (non-hydrogen) atoms. The number of halogens is 1. The Hall–Kier alpha value is -1.68. The van der Waals surface area contributed by atoms with Crippen LogP contribution in [0.15, 0.2) is 18.2 Å². The van der Waals surface area contributed by atoms with E-state index in [0.717, 1.165) is 16.9 Å². The van der Waals surface area contributed by atoms with Crippen molar-refractivity contribution < 1.29 is 0 Å². The van der Waals surface area contributed by atoms with E-state index in [1.54, 1.807) is 4.68 Å². The fourth-order valence-electron chi connectivity index (χ4n) is 2.27. The molecule has 0 saturated heterocycles. The lowest BCUT2D eigenvalue weighted by Crippen LogP contribution is -2.11. The van der Waals surface area contributed by atoms with Crippen LogP contribution in [0.25, 0.3) is 0 Å². The summed E-state index contributed by atoms with van der Waals surface area (Å²) in [5.41, 5.74) is 5.56. The normalized spacial score (nSPS) is 10.7. The summed E-state index contributed by atoms with van der Waals surface area (Å²) in [4.78, 5) is 2.11. The van der Waals surface area contributed by atoms with E-state index < -0.39 is 0 Å². The van der Waals surface area contributed by atoms with Crippen molar-refractivity contribution in [1.29, 1.82) is 0 Å². The van der Waals surface area contributed by atoms with E-state index >= 15 is 0 Å². The number of benzene rings is 1. The summed E-state index contributed by atoms with van der Waals surface area (Å²) >= 11 is 6.24. The maximum atomic E-state index is 6.24. The summed E-state index contributed by atoms with van der Waals surface area (Å²) in [5, 5.41) is 8.42. The summed E-state index contributed by atoms with van der Waals surface area (Å²) in [6.45, 7) is 4.76. The molecule has 0 unspecified atom stereocenters. The minimum atomic E-state index is 0.675. The zero-order valence-electron chi connectivity index (χ0n) is 12.7. The lowest BCUT2D eigenvalue weighted by molar-refractivity contribution is 0.757. The molecule has 5 heteroatoms. The maximum Gasteiger partial charge on any atom is 0.131 e. The average molecular weight is 293 g/mol. The quantitative estimate of drug-likeness (QED) is 0.938. The smallest absolute Gasteiger partial charge is 0.131 e. The van der Waals surface area contributed by atoms with E-state index in [2.05, 4.69) is 40.4 Å². The largest absolute Gasteiger partial charge is 0.381 e. The molecule has 2 aromatic rings. The molecule has 0 saturated carbocycles. The number of nitrogens with zero attached hydrogens (tertiary/aromatic N) is 3. The van der Waals surface area contributed by atoms with Gasteiger partial charge in [0.05, 0.1) is 5.69 Å². The second kappa shape index (κ2) is 5.75. The highest BCUT2D eigenvalue weighted by Gasteiger charge is 2.11. The Labute approximate surface area is 125 Å². The van der Waals surface area contributed by atoms with Crippen LogP contribution in [-0.2, 0) is 13.6 Å². The minimum Gasteiger partial charge on any atom is -0.381 e. The molecule has 0 radical (unpaired) electrons. The number of hydrogen-bond donors (Lipinski definition) is 1. The average Bonchev–Trinajstić information content (AvgIpc) is 2.62. The highest BCUT2D eigenvalue weighted by molar-refractivity contribution is 6.30. The fourth-order valence-corrected chi connectivity index (χ4v) is 2.51. The molecule has 0 spiro atoms. The lowest BCUT2D eigenvalue weighted by Gasteiger charge is -2.17. The monoisotopic (exact) mass is 292 g/mol. The zero-order chi connectivity index (χ0) is 14.9. The lowest BCUT2D eigenvalue weighted by atomic mass is 10.1. The van der Waals surface area contributed by atoms with Gasteiger partial charge in [0.1, 0.15) is 5.15 Å². The summed E-state index contributed by atoms with van der Waals surface area (Å²) in [6.07, 6.45) is 0. The van der Waals surface area contributed by atoms with E-state index in [1.165, 1.54) is 11.3 Å². The Balaban J connectivity index is 2.17. The third kappa shape index (κ3) is 2.90. The molecule has 0 bridgehead atoms. The molecule has 2 rings (SSSR count). The van der Waals surface area contributed by atoms with Crippen molar-refractivity contribution in [3.8, 4) is 0 Å². The van der Waals surface area contributed by atoms with Crippen LogP contribution in [0.4, 0.5) is 11.4 Å². The molecule has 1 heterocycles. The molecular formula is C15H21ClN4. The van der Waals surface area contributed by atoms with Crippen LogP contribution in [-0.4, -0.2) is 23.9 Å². The first-order valence-corrected chi connectivity index (χ1v) is 6.97. The minimum absolute atomic E-state index is 0.675. The predicted molar refractivity (Wildman–Crippen MR) is 85.8 cm³/mol. The van der Waals surface area contributed by atoms with Crippen molar-refractivity contribution in [2.45, 2.75) is 20.4 Å². The molecule has 0 aliphatic carbocycles. The van der Waals surface area contributed by atoms with Crippen LogP contribution in [0.1, 0.15) is 16.8 Å². The van der Waals surface area contributed by atoms with Gasteiger partial charge in [-0.25, -0.2) is 0 Å². The Morgan fingerprint density at radius 1 is 1.30 bits per heavy atom. The standard InChI is InChI=1S/C15H21ClN4/c1-10-6-7-12(8-14(10)19(3)4)17-9-13-11(2)18-20(5)15(13)16/h6-8,17H,9H2,1-5H3. The molecule has 0 amide bonds. The third-order valence-electron chi connectivity index (χ3n) is 3.43. The second-order valence-corrected chi connectivity index (χ2v) is 5.59. The van der Waals surface area contributed by atoms with Crippen LogP contribution >= 0.6 is 11.6 Å². The summed E-state index contributed by atoms with van der Waals surface area (Å²) < 4.78 is 1.70. The van der Waals surface area contributed by atoms with Crippen molar-refractivity contribution in [2.75, 3.05) is 24.3 Å². The molecule has 1 aromatic carbocycles. The molecule has 0 fully saturated rings. The Bertz CT molecular complexity index is 617. The van der Waals surface area contributed by atoms with Gasteiger partial charge >= 0.3 is 0 Å². The number of hydrogen-bond acceptors (Lipinski definition) is 3. The van der Waals surface area contributed by atoms with Crippen molar-refractivity contribution in [1.82, 2.24) is 9.78 Å². The molecule has 4 nitrogen and oxygen atoms in total. The van der Waals surface area contributed by atoms with Gasteiger partial charge in [0.15, 0.2) is 0 Å². The number of rotatable bonds is 4. The fraction of sp³-hybridized carbons (Fsp3) is 0.400. The van der Waals surface area contributed by atoms with Gasteiger partial charge in [0.2, 0.25) is 0 Å². The van der Waals surface area contributed by atoms with Crippen molar-refractivity contribution in [2.24, 2.45) is 7.05 Å². The SMILES string of the molecule is Cc1ccc(NCc2c(C)nn(C)c2Cl)cc1N(C)C. The Morgan fingerprint density at radius 3 is 2.55 bits per heavy atom. The molecule has 108 valence electrons. The van der Waals surface area contributed by atoms with E-state index in [-0.39, 0.29) is 0 Å².